The zero-order chi connectivity index (χ0) is 12.3. The molecule has 2 rings (SSSR count). The molecule has 0 saturated carbocycles. The highest BCUT2D eigenvalue weighted by atomic mass is 14.9. The van der Waals surface area contributed by atoms with Crippen LogP contribution in [-0.2, 0) is 13.1 Å². The Kier molecular flexibility index (Phi) is 3.47. The number of benzene rings is 1. The van der Waals surface area contributed by atoms with Crippen molar-refractivity contribution < 1.29 is 0 Å². The highest BCUT2D eigenvalue weighted by Crippen LogP contribution is 2.18. The lowest BCUT2D eigenvalue weighted by atomic mass is 10.1. The van der Waals surface area contributed by atoms with Crippen LogP contribution in [0.5, 0.6) is 0 Å². The molecule has 1 heterocycles. The maximum Gasteiger partial charge on any atom is 0.0902 e. The van der Waals surface area contributed by atoms with Gasteiger partial charge in [0.2, 0.25) is 0 Å². The van der Waals surface area contributed by atoms with Gasteiger partial charge in [-0.1, -0.05) is 13.0 Å². The fourth-order valence-electron chi connectivity index (χ4n) is 2.03. The average Bonchev–Trinajstić information content (AvgIpc) is 2.70. The monoisotopic (exact) mass is 229 g/mol. The molecule has 17 heavy (non-hydrogen) atoms. The van der Waals surface area contributed by atoms with E-state index in [1.54, 1.807) is 6.92 Å². The first-order valence-electron chi connectivity index (χ1n) is 6.07. The summed E-state index contributed by atoms with van der Waals surface area (Å²) in [5.41, 5.74) is 2.51. The molecule has 90 valence electrons. The number of hydrogen-bond acceptors (Lipinski definition) is 1. The van der Waals surface area contributed by atoms with E-state index in [2.05, 4.69) is 47.3 Å². The number of fused-ring (bicyclic) bond motifs is 1. The van der Waals surface area contributed by atoms with E-state index in [1.807, 2.05) is 0 Å². The maximum absolute atomic E-state index is 7.35. The molecule has 0 spiro atoms. The second-order valence-corrected chi connectivity index (χ2v) is 4.38. The second kappa shape index (κ2) is 5.04. The number of hydrogen-bond donors (Lipinski definition) is 2. The molecule has 0 fully saturated rings. The van der Waals surface area contributed by atoms with Gasteiger partial charge < -0.3 is 9.88 Å². The van der Waals surface area contributed by atoms with Gasteiger partial charge in [0.15, 0.2) is 0 Å². The predicted octanol–water partition coefficient (Wildman–Crippen LogP) is 3.14. The van der Waals surface area contributed by atoms with Crippen LogP contribution in [0.4, 0.5) is 0 Å². The lowest BCUT2D eigenvalue weighted by molar-refractivity contribution is 0.703. The molecule has 0 aliphatic heterocycles. The van der Waals surface area contributed by atoms with Gasteiger partial charge in [-0.05, 0) is 42.5 Å². The van der Waals surface area contributed by atoms with Crippen molar-refractivity contribution in [2.24, 2.45) is 0 Å². The molecule has 0 saturated heterocycles. The van der Waals surface area contributed by atoms with Gasteiger partial charge in [0.1, 0.15) is 0 Å². The lowest BCUT2D eigenvalue weighted by Crippen LogP contribution is -2.18. The maximum atomic E-state index is 7.35. The van der Waals surface area contributed by atoms with Gasteiger partial charge in [-0.25, -0.2) is 0 Å². The molecule has 0 radical (unpaired) electrons. The summed E-state index contributed by atoms with van der Waals surface area (Å²) in [5, 5.41) is 11.7. The van der Waals surface area contributed by atoms with Crippen molar-refractivity contribution in [1.82, 2.24) is 9.88 Å². The van der Waals surface area contributed by atoms with Crippen molar-refractivity contribution in [3.8, 4) is 0 Å². The molecule has 0 amide bonds. The van der Waals surface area contributed by atoms with Crippen molar-refractivity contribution >= 4 is 16.7 Å². The van der Waals surface area contributed by atoms with E-state index < -0.39 is 0 Å². The third kappa shape index (κ3) is 2.67. The molecule has 3 heteroatoms. The molecular weight excluding hydrogens is 210 g/mol. The summed E-state index contributed by atoms with van der Waals surface area (Å²) < 4.78 is 2.29. The molecular formula is C14H19N3. The lowest BCUT2D eigenvalue weighted by Gasteiger charge is -2.06. The van der Waals surface area contributed by atoms with E-state index in [0.717, 1.165) is 19.5 Å². The number of nitrogens with zero attached hydrogens (tertiary/aromatic N) is 1. The van der Waals surface area contributed by atoms with Gasteiger partial charge in [-0.3, -0.25) is 5.41 Å². The van der Waals surface area contributed by atoms with Gasteiger partial charge in [-0.15, -0.1) is 0 Å². The first-order chi connectivity index (χ1) is 8.20. The molecule has 3 nitrogen and oxygen atoms in total. The Morgan fingerprint density at radius 2 is 2.18 bits per heavy atom. The van der Waals surface area contributed by atoms with Crippen molar-refractivity contribution in [2.75, 3.05) is 0 Å². The van der Waals surface area contributed by atoms with Crippen molar-refractivity contribution in [2.45, 2.75) is 33.4 Å². The van der Waals surface area contributed by atoms with Crippen LogP contribution in [-0.4, -0.2) is 10.4 Å². The summed E-state index contributed by atoms with van der Waals surface area (Å²) in [4.78, 5) is 0. The molecule has 0 aliphatic carbocycles. The molecule has 2 aromatic rings. The number of aryl methyl sites for hydroxylation is 1. The standard InChI is InChI=1S/C14H19N3/c1-3-7-17-8-6-13-9-12(4-5-14(13)17)10-16-11(2)15/h4-6,8-9H,3,7,10H2,1-2H3,(H2,15,16). The fraction of sp³-hybridized carbons (Fsp3) is 0.357. The van der Waals surface area contributed by atoms with Crippen LogP contribution in [0.25, 0.3) is 10.9 Å². The normalized spacial score (nSPS) is 10.7. The third-order valence-electron chi connectivity index (χ3n) is 2.86. The molecule has 0 aliphatic rings. The zero-order valence-electron chi connectivity index (χ0n) is 10.5. The number of amidine groups is 1. The van der Waals surface area contributed by atoms with Crippen LogP contribution in [0.1, 0.15) is 25.8 Å². The molecule has 2 N–H and O–H groups in total. The van der Waals surface area contributed by atoms with Crippen LogP contribution in [0.15, 0.2) is 30.5 Å². The zero-order valence-corrected chi connectivity index (χ0v) is 10.5. The van der Waals surface area contributed by atoms with E-state index in [0.29, 0.717) is 5.84 Å². The van der Waals surface area contributed by atoms with Crippen molar-refractivity contribution in [3.63, 3.8) is 0 Å². The third-order valence-corrected chi connectivity index (χ3v) is 2.86. The minimum atomic E-state index is 0.508. The first-order valence-corrected chi connectivity index (χ1v) is 6.07. The van der Waals surface area contributed by atoms with Crippen LogP contribution in [0.3, 0.4) is 0 Å². The molecule has 1 aromatic heterocycles. The fourth-order valence-corrected chi connectivity index (χ4v) is 2.03. The van der Waals surface area contributed by atoms with Gasteiger partial charge in [0.05, 0.1) is 5.84 Å². The van der Waals surface area contributed by atoms with Gasteiger partial charge in [-0.2, -0.15) is 0 Å². The Bertz CT molecular complexity index is 525. The van der Waals surface area contributed by atoms with Crippen molar-refractivity contribution in [1.29, 1.82) is 5.41 Å². The Balaban J connectivity index is 2.23. The Morgan fingerprint density at radius 3 is 2.88 bits per heavy atom. The number of aromatic nitrogens is 1. The summed E-state index contributed by atoms with van der Waals surface area (Å²) in [6.45, 7) is 5.75. The summed E-state index contributed by atoms with van der Waals surface area (Å²) in [6, 6.07) is 8.65. The second-order valence-electron chi connectivity index (χ2n) is 4.38. The molecule has 1 aromatic carbocycles. The SMILES string of the molecule is CCCn1ccc2cc(CNC(C)=N)ccc21. The Morgan fingerprint density at radius 1 is 1.35 bits per heavy atom. The molecule has 0 unspecified atom stereocenters. The summed E-state index contributed by atoms with van der Waals surface area (Å²) in [5.74, 6) is 0.508. The van der Waals surface area contributed by atoms with E-state index in [9.17, 15) is 0 Å². The Labute approximate surface area is 102 Å². The van der Waals surface area contributed by atoms with Crippen LogP contribution >= 0.6 is 0 Å². The number of rotatable bonds is 4. The van der Waals surface area contributed by atoms with Gasteiger partial charge in [0.25, 0.3) is 0 Å². The van der Waals surface area contributed by atoms with Crippen LogP contribution < -0.4 is 5.32 Å². The topological polar surface area (TPSA) is 40.8 Å². The van der Waals surface area contributed by atoms with Gasteiger partial charge >= 0.3 is 0 Å². The summed E-state index contributed by atoms with van der Waals surface area (Å²) in [6.07, 6.45) is 3.30. The van der Waals surface area contributed by atoms with Crippen molar-refractivity contribution in [3.05, 3.63) is 36.0 Å². The summed E-state index contributed by atoms with van der Waals surface area (Å²) >= 11 is 0. The summed E-state index contributed by atoms with van der Waals surface area (Å²) in [7, 11) is 0. The Hall–Kier alpha value is -1.77. The van der Waals surface area contributed by atoms with Crippen LogP contribution in [0, 0.1) is 5.41 Å². The highest BCUT2D eigenvalue weighted by molar-refractivity contribution is 5.81. The molecule has 0 atom stereocenters. The minimum Gasteiger partial charge on any atom is -0.370 e. The van der Waals surface area contributed by atoms with E-state index >= 15 is 0 Å². The minimum absolute atomic E-state index is 0.508. The van der Waals surface area contributed by atoms with E-state index in [4.69, 9.17) is 5.41 Å². The smallest absolute Gasteiger partial charge is 0.0902 e. The highest BCUT2D eigenvalue weighted by Gasteiger charge is 2.01. The first kappa shape index (κ1) is 11.7. The van der Waals surface area contributed by atoms with E-state index in [-0.39, 0.29) is 0 Å². The average molecular weight is 229 g/mol. The number of nitrogens with one attached hydrogen (secondary N) is 2. The predicted molar refractivity (Wildman–Crippen MR) is 72.5 cm³/mol. The molecule has 0 bridgehead atoms. The van der Waals surface area contributed by atoms with E-state index in [1.165, 1.54) is 16.5 Å². The quantitative estimate of drug-likeness (QED) is 0.613. The largest absolute Gasteiger partial charge is 0.370 e. The van der Waals surface area contributed by atoms with Gasteiger partial charge in [0, 0.05) is 24.8 Å². The van der Waals surface area contributed by atoms with Crippen LogP contribution in [0.2, 0.25) is 0 Å².